The second-order valence-corrected chi connectivity index (χ2v) is 3.90. The van der Waals surface area contributed by atoms with Gasteiger partial charge in [-0.15, -0.1) is 0 Å². The van der Waals surface area contributed by atoms with Crippen LogP contribution in [0.5, 0.6) is 5.75 Å². The smallest absolute Gasteiger partial charge is 0.116 e. The van der Waals surface area contributed by atoms with Crippen LogP contribution in [0.1, 0.15) is 0 Å². The van der Waals surface area contributed by atoms with Gasteiger partial charge in [0.25, 0.3) is 0 Å². The second-order valence-electron chi connectivity index (χ2n) is 3.09. The number of halogens is 2. The quantitative estimate of drug-likeness (QED) is 0.790. The summed E-state index contributed by atoms with van der Waals surface area (Å²) in [6, 6.07) is 13.2. The molecule has 0 unspecified atom stereocenters. The Hall–Kier alpha value is -1.18. The Labute approximate surface area is 97.9 Å². The molecule has 15 heavy (non-hydrogen) atoms. The van der Waals surface area contributed by atoms with Crippen LogP contribution in [0.4, 0.5) is 0 Å². The zero-order chi connectivity index (χ0) is 10.8. The molecular weight excluding hydrogens is 231 g/mol. The maximum Gasteiger partial charge on any atom is 0.116 e. The Balaban J connectivity index is 2.50. The zero-order valence-electron chi connectivity index (χ0n) is 7.67. The van der Waals surface area contributed by atoms with E-state index in [0.717, 1.165) is 11.1 Å². The van der Waals surface area contributed by atoms with Gasteiger partial charge in [0.1, 0.15) is 5.75 Å². The molecule has 0 amide bonds. The highest BCUT2D eigenvalue weighted by molar-refractivity contribution is 6.42. The third kappa shape index (κ3) is 2.25. The van der Waals surface area contributed by atoms with Crippen LogP contribution in [0, 0.1) is 6.07 Å². The van der Waals surface area contributed by atoms with Crippen molar-refractivity contribution in [1.82, 2.24) is 0 Å². The Morgan fingerprint density at radius 2 is 1.80 bits per heavy atom. The lowest BCUT2D eigenvalue weighted by Gasteiger charge is -2.03. The van der Waals surface area contributed by atoms with E-state index in [4.69, 9.17) is 23.2 Å². The summed E-state index contributed by atoms with van der Waals surface area (Å²) in [6.45, 7) is 0. The van der Waals surface area contributed by atoms with E-state index in [2.05, 4.69) is 6.07 Å². The maximum absolute atomic E-state index is 9.32. The minimum Gasteiger partial charge on any atom is -0.508 e. The average Bonchev–Trinajstić information content (AvgIpc) is 2.22. The van der Waals surface area contributed by atoms with Gasteiger partial charge in [-0.2, -0.15) is 0 Å². The second kappa shape index (κ2) is 4.13. The monoisotopic (exact) mass is 237 g/mol. The van der Waals surface area contributed by atoms with Crippen LogP contribution in [0.25, 0.3) is 11.1 Å². The Morgan fingerprint density at radius 3 is 2.47 bits per heavy atom. The van der Waals surface area contributed by atoms with Gasteiger partial charge in [-0.05, 0) is 41.5 Å². The van der Waals surface area contributed by atoms with E-state index in [1.807, 2.05) is 6.07 Å². The molecule has 0 aromatic heterocycles. The molecule has 1 nitrogen and oxygen atoms in total. The van der Waals surface area contributed by atoms with Crippen LogP contribution < -0.4 is 0 Å². The molecule has 2 aromatic rings. The number of aromatic hydroxyl groups is 1. The summed E-state index contributed by atoms with van der Waals surface area (Å²) in [5.41, 5.74) is 1.66. The van der Waals surface area contributed by atoms with Gasteiger partial charge in [0.15, 0.2) is 0 Å². The van der Waals surface area contributed by atoms with E-state index in [1.54, 1.807) is 30.3 Å². The summed E-state index contributed by atoms with van der Waals surface area (Å²) in [4.78, 5) is 0. The van der Waals surface area contributed by atoms with E-state index in [9.17, 15) is 5.11 Å². The van der Waals surface area contributed by atoms with Gasteiger partial charge in [0.05, 0.1) is 10.0 Å². The van der Waals surface area contributed by atoms with Crippen molar-refractivity contribution < 1.29 is 5.11 Å². The fourth-order valence-electron chi connectivity index (χ4n) is 1.28. The van der Waals surface area contributed by atoms with Gasteiger partial charge in [0.2, 0.25) is 0 Å². The van der Waals surface area contributed by atoms with Gasteiger partial charge in [-0.25, -0.2) is 0 Å². The van der Waals surface area contributed by atoms with Crippen molar-refractivity contribution in [3.8, 4) is 16.9 Å². The number of phenols is 1. The summed E-state index contributed by atoms with van der Waals surface area (Å²) in [7, 11) is 0. The molecule has 2 aromatic carbocycles. The number of hydrogen-bond acceptors (Lipinski definition) is 1. The minimum atomic E-state index is 0.204. The highest BCUT2D eigenvalue weighted by atomic mass is 35.5. The van der Waals surface area contributed by atoms with Crippen LogP contribution in [-0.4, -0.2) is 5.11 Å². The van der Waals surface area contributed by atoms with E-state index >= 15 is 0 Å². The third-order valence-electron chi connectivity index (χ3n) is 2.02. The number of phenolic OH excluding ortho intramolecular Hbond substituents is 1. The largest absolute Gasteiger partial charge is 0.508 e. The zero-order valence-corrected chi connectivity index (χ0v) is 9.18. The standard InChI is InChI=1S/C12H7Cl2O/c13-11-5-4-9(7-12(11)14)8-2-1-3-10(15)6-8/h1,3-7,15H. The molecule has 0 saturated heterocycles. The molecule has 75 valence electrons. The first-order valence-electron chi connectivity index (χ1n) is 4.33. The Kier molecular flexibility index (Phi) is 2.85. The lowest BCUT2D eigenvalue weighted by Crippen LogP contribution is -1.78. The van der Waals surface area contributed by atoms with Crippen LogP contribution in [0.3, 0.4) is 0 Å². The first-order valence-corrected chi connectivity index (χ1v) is 5.08. The van der Waals surface area contributed by atoms with Gasteiger partial charge in [-0.3, -0.25) is 0 Å². The molecule has 0 aliphatic carbocycles. The molecule has 0 fully saturated rings. The van der Waals surface area contributed by atoms with E-state index in [0.29, 0.717) is 10.0 Å². The number of rotatable bonds is 1. The van der Waals surface area contributed by atoms with Gasteiger partial charge in [0, 0.05) is 0 Å². The molecule has 2 rings (SSSR count). The molecular formula is C12H7Cl2O. The normalized spacial score (nSPS) is 10.3. The highest BCUT2D eigenvalue weighted by Gasteiger charge is 2.02. The topological polar surface area (TPSA) is 20.2 Å². The number of benzene rings is 2. The van der Waals surface area contributed by atoms with E-state index in [-0.39, 0.29) is 5.75 Å². The maximum atomic E-state index is 9.32. The molecule has 0 atom stereocenters. The van der Waals surface area contributed by atoms with E-state index < -0.39 is 0 Å². The predicted molar refractivity (Wildman–Crippen MR) is 62.4 cm³/mol. The minimum absolute atomic E-state index is 0.204. The van der Waals surface area contributed by atoms with Crippen LogP contribution in [-0.2, 0) is 0 Å². The SMILES string of the molecule is Oc1cc[c]c(-c2ccc(Cl)c(Cl)c2)c1. The summed E-state index contributed by atoms with van der Waals surface area (Å²) in [5, 5.41) is 10.3. The lowest BCUT2D eigenvalue weighted by molar-refractivity contribution is 0.475. The van der Waals surface area contributed by atoms with Crippen molar-refractivity contribution in [3.63, 3.8) is 0 Å². The van der Waals surface area contributed by atoms with Crippen molar-refractivity contribution in [1.29, 1.82) is 0 Å². The molecule has 3 heteroatoms. The van der Waals surface area contributed by atoms with Crippen LogP contribution >= 0.6 is 23.2 Å². The molecule has 0 heterocycles. The lowest BCUT2D eigenvalue weighted by atomic mass is 10.1. The van der Waals surface area contributed by atoms with Crippen LogP contribution in [0.2, 0.25) is 10.0 Å². The fourth-order valence-corrected chi connectivity index (χ4v) is 1.58. The molecule has 0 spiro atoms. The molecule has 0 bridgehead atoms. The van der Waals surface area contributed by atoms with Crippen molar-refractivity contribution in [2.45, 2.75) is 0 Å². The molecule has 1 N–H and O–H groups in total. The van der Waals surface area contributed by atoms with E-state index in [1.165, 1.54) is 0 Å². The Morgan fingerprint density at radius 1 is 1.00 bits per heavy atom. The molecule has 0 saturated carbocycles. The summed E-state index contributed by atoms with van der Waals surface area (Å²) in [5.74, 6) is 0.204. The molecule has 0 aliphatic heterocycles. The first kappa shape index (κ1) is 10.3. The molecule has 1 radical (unpaired) electrons. The van der Waals surface area contributed by atoms with Crippen molar-refractivity contribution >= 4 is 23.2 Å². The summed E-state index contributed by atoms with van der Waals surface area (Å²) in [6.07, 6.45) is 0. The average molecular weight is 238 g/mol. The summed E-state index contributed by atoms with van der Waals surface area (Å²) < 4.78 is 0. The number of hydrogen-bond donors (Lipinski definition) is 1. The van der Waals surface area contributed by atoms with Crippen molar-refractivity contribution in [2.75, 3.05) is 0 Å². The predicted octanol–water partition coefficient (Wildman–Crippen LogP) is 4.17. The summed E-state index contributed by atoms with van der Waals surface area (Å²) >= 11 is 11.7. The first-order chi connectivity index (χ1) is 7.16. The van der Waals surface area contributed by atoms with Gasteiger partial charge < -0.3 is 5.11 Å². The van der Waals surface area contributed by atoms with Crippen molar-refractivity contribution in [3.05, 3.63) is 52.5 Å². The van der Waals surface area contributed by atoms with Gasteiger partial charge >= 0.3 is 0 Å². The Bertz CT molecular complexity index is 495. The van der Waals surface area contributed by atoms with Crippen LogP contribution in [0.15, 0.2) is 36.4 Å². The van der Waals surface area contributed by atoms with Crippen molar-refractivity contribution in [2.24, 2.45) is 0 Å². The molecule has 0 aliphatic rings. The third-order valence-corrected chi connectivity index (χ3v) is 2.75. The fraction of sp³-hybridized carbons (Fsp3) is 0. The van der Waals surface area contributed by atoms with Gasteiger partial charge in [-0.1, -0.05) is 35.3 Å². The highest BCUT2D eigenvalue weighted by Crippen LogP contribution is 2.29.